The Balaban J connectivity index is 1.86. The lowest BCUT2D eigenvalue weighted by atomic mass is 9.97. The Hall–Kier alpha value is -1.07. The number of halogens is 3. The molecular formula is C15H20F3NO. The second-order valence-electron chi connectivity index (χ2n) is 5.38. The molecule has 2 unspecified atom stereocenters. The summed E-state index contributed by atoms with van der Waals surface area (Å²) < 4.78 is 43.0. The van der Waals surface area contributed by atoms with E-state index >= 15 is 0 Å². The van der Waals surface area contributed by atoms with Crippen molar-refractivity contribution in [3.8, 4) is 0 Å². The van der Waals surface area contributed by atoms with Gasteiger partial charge in [0.15, 0.2) is 0 Å². The number of alkyl halides is 3. The van der Waals surface area contributed by atoms with Crippen molar-refractivity contribution < 1.29 is 17.9 Å². The van der Waals surface area contributed by atoms with E-state index in [-0.39, 0.29) is 12.1 Å². The van der Waals surface area contributed by atoms with Crippen molar-refractivity contribution in [2.75, 3.05) is 6.61 Å². The van der Waals surface area contributed by atoms with Gasteiger partial charge in [0.25, 0.3) is 0 Å². The third-order valence-electron chi connectivity index (χ3n) is 3.62. The maximum absolute atomic E-state index is 12.4. The zero-order valence-electron chi connectivity index (χ0n) is 11.3. The summed E-state index contributed by atoms with van der Waals surface area (Å²) in [6.07, 6.45) is 0.562. The Morgan fingerprint density at radius 2 is 1.90 bits per heavy atom. The molecule has 2 nitrogen and oxygen atoms in total. The molecule has 2 N–H and O–H groups in total. The van der Waals surface area contributed by atoms with Gasteiger partial charge in [0.2, 0.25) is 0 Å². The first-order valence-corrected chi connectivity index (χ1v) is 6.98. The maximum Gasteiger partial charge on any atom is 0.416 e. The van der Waals surface area contributed by atoms with E-state index in [1.807, 2.05) is 0 Å². The van der Waals surface area contributed by atoms with Gasteiger partial charge in [0.05, 0.1) is 11.7 Å². The summed E-state index contributed by atoms with van der Waals surface area (Å²) in [6.45, 7) is 0.789. The molecule has 0 saturated carbocycles. The first-order valence-electron chi connectivity index (χ1n) is 6.98. The lowest BCUT2D eigenvalue weighted by Crippen LogP contribution is -2.31. The Morgan fingerprint density at radius 3 is 2.45 bits per heavy atom. The average molecular weight is 287 g/mol. The van der Waals surface area contributed by atoms with Crippen molar-refractivity contribution in [3.05, 3.63) is 35.4 Å². The van der Waals surface area contributed by atoms with Crippen molar-refractivity contribution in [2.45, 2.75) is 50.4 Å². The molecule has 0 amide bonds. The summed E-state index contributed by atoms with van der Waals surface area (Å²) in [5.41, 5.74) is 6.27. The summed E-state index contributed by atoms with van der Waals surface area (Å²) >= 11 is 0. The highest BCUT2D eigenvalue weighted by molar-refractivity contribution is 5.25. The maximum atomic E-state index is 12.4. The minimum absolute atomic E-state index is 0.0742. The van der Waals surface area contributed by atoms with Crippen molar-refractivity contribution >= 4 is 0 Å². The molecule has 1 aliphatic rings. The fourth-order valence-electron chi connectivity index (χ4n) is 2.55. The van der Waals surface area contributed by atoms with Gasteiger partial charge in [-0.15, -0.1) is 0 Å². The molecule has 1 aromatic carbocycles. The van der Waals surface area contributed by atoms with E-state index < -0.39 is 11.7 Å². The minimum atomic E-state index is -4.28. The molecule has 0 radical (unpaired) electrons. The third-order valence-corrected chi connectivity index (χ3v) is 3.62. The highest BCUT2D eigenvalue weighted by Crippen LogP contribution is 2.29. The number of nitrogens with two attached hydrogens (primary N) is 1. The standard InChI is InChI=1S/C15H20F3NO/c16-15(17,18)12-6-4-11(5-7-12)9-13(19)10-14-3-1-2-8-20-14/h4-7,13-14H,1-3,8-10,19H2. The van der Waals surface area contributed by atoms with Gasteiger partial charge >= 0.3 is 6.18 Å². The molecule has 1 fully saturated rings. The van der Waals surface area contributed by atoms with E-state index in [2.05, 4.69) is 0 Å². The van der Waals surface area contributed by atoms with Gasteiger partial charge in [-0.05, 0) is 49.8 Å². The van der Waals surface area contributed by atoms with Gasteiger partial charge in [-0.3, -0.25) is 0 Å². The van der Waals surface area contributed by atoms with Crippen LogP contribution in [0.5, 0.6) is 0 Å². The molecule has 1 aromatic rings. The van der Waals surface area contributed by atoms with E-state index in [1.54, 1.807) is 0 Å². The average Bonchev–Trinajstić information content (AvgIpc) is 2.39. The Labute approximate surface area is 117 Å². The summed E-state index contributed by atoms with van der Waals surface area (Å²) in [6, 6.07) is 5.16. The lowest BCUT2D eigenvalue weighted by molar-refractivity contribution is -0.137. The summed E-state index contributed by atoms with van der Waals surface area (Å²) in [5, 5.41) is 0. The fraction of sp³-hybridized carbons (Fsp3) is 0.600. The molecule has 0 aliphatic carbocycles. The van der Waals surface area contributed by atoms with Gasteiger partial charge < -0.3 is 10.5 Å². The van der Waals surface area contributed by atoms with E-state index in [9.17, 15) is 13.2 Å². The predicted octanol–water partition coefficient (Wildman–Crippen LogP) is 3.53. The quantitative estimate of drug-likeness (QED) is 0.919. The number of hydrogen-bond donors (Lipinski definition) is 1. The number of benzene rings is 1. The molecule has 20 heavy (non-hydrogen) atoms. The zero-order valence-corrected chi connectivity index (χ0v) is 11.3. The van der Waals surface area contributed by atoms with Crippen LogP contribution < -0.4 is 5.73 Å². The first-order chi connectivity index (χ1) is 9.45. The predicted molar refractivity (Wildman–Crippen MR) is 71.3 cm³/mol. The van der Waals surface area contributed by atoms with E-state index in [1.165, 1.54) is 12.1 Å². The Kier molecular flexibility index (Phi) is 5.05. The second kappa shape index (κ2) is 6.59. The first kappa shape index (κ1) is 15.3. The van der Waals surface area contributed by atoms with Crippen molar-refractivity contribution in [3.63, 3.8) is 0 Å². The van der Waals surface area contributed by atoms with Crippen LogP contribution in [0.2, 0.25) is 0 Å². The van der Waals surface area contributed by atoms with Gasteiger partial charge in [0, 0.05) is 12.6 Å². The van der Waals surface area contributed by atoms with Crippen LogP contribution in [0.1, 0.15) is 36.8 Å². The van der Waals surface area contributed by atoms with Crippen molar-refractivity contribution in [1.29, 1.82) is 0 Å². The summed E-state index contributed by atoms with van der Waals surface area (Å²) in [4.78, 5) is 0. The smallest absolute Gasteiger partial charge is 0.378 e. The molecule has 2 rings (SSSR count). The molecule has 0 spiro atoms. The SMILES string of the molecule is NC(Cc1ccc(C(F)(F)F)cc1)CC1CCCCO1. The van der Waals surface area contributed by atoms with Crippen LogP contribution >= 0.6 is 0 Å². The van der Waals surface area contributed by atoms with Crippen molar-refractivity contribution in [1.82, 2.24) is 0 Å². The van der Waals surface area contributed by atoms with E-state index in [0.717, 1.165) is 50.0 Å². The molecular weight excluding hydrogens is 267 g/mol. The van der Waals surface area contributed by atoms with E-state index in [4.69, 9.17) is 10.5 Å². The van der Waals surface area contributed by atoms with Crippen LogP contribution in [0.3, 0.4) is 0 Å². The number of rotatable bonds is 4. The van der Waals surface area contributed by atoms with E-state index in [0.29, 0.717) is 6.42 Å². The van der Waals surface area contributed by atoms with Crippen molar-refractivity contribution in [2.24, 2.45) is 5.73 Å². The number of hydrogen-bond acceptors (Lipinski definition) is 2. The molecule has 0 bridgehead atoms. The minimum Gasteiger partial charge on any atom is -0.378 e. The topological polar surface area (TPSA) is 35.2 Å². The monoisotopic (exact) mass is 287 g/mol. The van der Waals surface area contributed by atoms with Crippen LogP contribution in [0.25, 0.3) is 0 Å². The lowest BCUT2D eigenvalue weighted by Gasteiger charge is -2.25. The van der Waals surface area contributed by atoms with Gasteiger partial charge in [-0.2, -0.15) is 13.2 Å². The van der Waals surface area contributed by atoms with Gasteiger partial charge in [-0.25, -0.2) is 0 Å². The molecule has 2 atom stereocenters. The third kappa shape index (κ3) is 4.49. The fourth-order valence-corrected chi connectivity index (χ4v) is 2.55. The zero-order chi connectivity index (χ0) is 14.6. The Bertz CT molecular complexity index is 410. The highest BCUT2D eigenvalue weighted by Gasteiger charge is 2.30. The highest BCUT2D eigenvalue weighted by atomic mass is 19.4. The number of ether oxygens (including phenoxy) is 1. The molecule has 5 heteroatoms. The molecule has 112 valence electrons. The van der Waals surface area contributed by atoms with Gasteiger partial charge in [0.1, 0.15) is 0 Å². The van der Waals surface area contributed by atoms with Crippen LogP contribution in [-0.2, 0) is 17.3 Å². The van der Waals surface area contributed by atoms with Crippen LogP contribution in [0.4, 0.5) is 13.2 Å². The summed E-state index contributed by atoms with van der Waals surface area (Å²) in [7, 11) is 0. The largest absolute Gasteiger partial charge is 0.416 e. The molecule has 1 saturated heterocycles. The molecule has 1 aliphatic heterocycles. The molecule has 1 heterocycles. The summed E-state index contributed by atoms with van der Waals surface area (Å²) in [5.74, 6) is 0. The normalized spacial score (nSPS) is 21.7. The molecule has 0 aromatic heterocycles. The Morgan fingerprint density at radius 1 is 1.20 bits per heavy atom. The second-order valence-corrected chi connectivity index (χ2v) is 5.38. The van der Waals surface area contributed by atoms with Crippen LogP contribution in [0.15, 0.2) is 24.3 Å². The van der Waals surface area contributed by atoms with Gasteiger partial charge in [-0.1, -0.05) is 12.1 Å². The van der Waals surface area contributed by atoms with Crippen LogP contribution in [-0.4, -0.2) is 18.8 Å². The van der Waals surface area contributed by atoms with Crippen LogP contribution in [0, 0.1) is 0 Å².